The molecule has 0 saturated carbocycles. The normalized spacial score (nSPS) is 23.5. The smallest absolute Gasteiger partial charge is 0.255 e. The fourth-order valence-corrected chi connectivity index (χ4v) is 4.93. The van der Waals surface area contributed by atoms with Crippen molar-refractivity contribution in [3.05, 3.63) is 53.2 Å². The maximum Gasteiger partial charge on any atom is 0.255 e. The van der Waals surface area contributed by atoms with Crippen LogP contribution >= 0.6 is 0 Å². The van der Waals surface area contributed by atoms with E-state index in [1.165, 1.54) is 0 Å². The van der Waals surface area contributed by atoms with Crippen LogP contribution in [-0.4, -0.2) is 63.4 Å². The average Bonchev–Trinajstić information content (AvgIpc) is 3.38. The zero-order valence-corrected chi connectivity index (χ0v) is 17.8. The summed E-state index contributed by atoms with van der Waals surface area (Å²) in [5.74, 6) is -0.500. The van der Waals surface area contributed by atoms with Gasteiger partial charge in [-0.25, -0.2) is 0 Å². The summed E-state index contributed by atoms with van der Waals surface area (Å²) in [6.45, 7) is 3.30. The van der Waals surface area contributed by atoms with Crippen LogP contribution in [-0.2, 0) is 22.7 Å². The third-order valence-electron chi connectivity index (χ3n) is 6.68. The van der Waals surface area contributed by atoms with Gasteiger partial charge >= 0.3 is 0 Å². The van der Waals surface area contributed by atoms with Crippen molar-refractivity contribution >= 4 is 17.7 Å². The molecule has 1 aromatic carbocycles. The molecule has 2 atom stereocenters. The number of amides is 3. The van der Waals surface area contributed by atoms with Crippen molar-refractivity contribution in [3.63, 3.8) is 0 Å². The molecular formula is C24H26N4O4. The van der Waals surface area contributed by atoms with Crippen molar-refractivity contribution in [3.8, 4) is 11.3 Å². The van der Waals surface area contributed by atoms with Crippen LogP contribution in [0.25, 0.3) is 11.3 Å². The van der Waals surface area contributed by atoms with Crippen molar-refractivity contribution in [2.45, 2.75) is 38.4 Å². The number of nitrogens with zero attached hydrogens (tertiary/aromatic N) is 3. The minimum absolute atomic E-state index is 0.171. The molecular weight excluding hydrogens is 408 g/mol. The predicted octanol–water partition coefficient (Wildman–Crippen LogP) is 1.32. The number of hydrogen-bond acceptors (Lipinski definition) is 6. The third-order valence-corrected chi connectivity index (χ3v) is 6.68. The molecule has 2 saturated heterocycles. The number of nitrogens with one attached hydrogen (secondary N) is 1. The lowest BCUT2D eigenvalue weighted by Gasteiger charge is -2.29. The van der Waals surface area contributed by atoms with Gasteiger partial charge in [-0.15, -0.1) is 0 Å². The fraction of sp³-hybridized carbons (Fsp3) is 0.417. The van der Waals surface area contributed by atoms with Crippen LogP contribution in [0.2, 0.25) is 0 Å². The molecule has 32 heavy (non-hydrogen) atoms. The third kappa shape index (κ3) is 3.91. The van der Waals surface area contributed by atoms with E-state index in [1.807, 2.05) is 18.2 Å². The number of aliphatic hydroxyl groups excluding tert-OH is 1. The molecule has 0 bridgehead atoms. The first kappa shape index (κ1) is 20.8. The minimum atomic E-state index is -0.610. The molecule has 2 aromatic rings. The van der Waals surface area contributed by atoms with Crippen molar-refractivity contribution < 1.29 is 19.5 Å². The Morgan fingerprint density at radius 2 is 2.00 bits per heavy atom. The number of pyridine rings is 1. The van der Waals surface area contributed by atoms with E-state index in [1.54, 1.807) is 17.2 Å². The standard InChI is InChI=1S/C24H26N4O4/c29-14-16-6-8-27(12-16)11-15-5-7-25-20(9-15)17-1-2-19-18(10-17)13-28(24(19)32)21-3-4-22(30)26-23(21)31/h1-2,5,7,9-10,16,21,29H,3-4,6,8,11-14H2,(H,26,30,31)/t16-,21?/m0/s1. The van der Waals surface area contributed by atoms with Gasteiger partial charge < -0.3 is 10.0 Å². The number of carbonyl (C=O) groups is 3. The second-order valence-electron chi connectivity index (χ2n) is 8.89. The number of hydrogen-bond donors (Lipinski definition) is 2. The van der Waals surface area contributed by atoms with Crippen LogP contribution in [0.15, 0.2) is 36.5 Å². The number of rotatable bonds is 5. The Labute approximate surface area is 186 Å². The largest absolute Gasteiger partial charge is 0.396 e. The van der Waals surface area contributed by atoms with E-state index < -0.39 is 11.9 Å². The molecule has 5 rings (SSSR count). The molecule has 0 aliphatic carbocycles. The van der Waals surface area contributed by atoms with Crippen molar-refractivity contribution in [2.75, 3.05) is 19.7 Å². The zero-order valence-electron chi connectivity index (χ0n) is 17.8. The maximum atomic E-state index is 12.9. The molecule has 2 fully saturated rings. The predicted molar refractivity (Wildman–Crippen MR) is 116 cm³/mol. The van der Waals surface area contributed by atoms with Gasteiger partial charge in [0.25, 0.3) is 5.91 Å². The number of piperidine rings is 1. The van der Waals surface area contributed by atoms with Crippen LogP contribution in [0.4, 0.5) is 0 Å². The fourth-order valence-electron chi connectivity index (χ4n) is 4.93. The lowest BCUT2D eigenvalue weighted by Crippen LogP contribution is -2.52. The number of likely N-dealkylation sites (tertiary alicyclic amines) is 1. The Balaban J connectivity index is 1.33. The molecule has 1 aromatic heterocycles. The van der Waals surface area contributed by atoms with Crippen LogP contribution in [0.1, 0.15) is 40.7 Å². The number of carbonyl (C=O) groups excluding carboxylic acids is 3. The lowest BCUT2D eigenvalue weighted by molar-refractivity contribution is -0.136. The van der Waals surface area contributed by atoms with Crippen molar-refractivity contribution in [1.82, 2.24) is 20.1 Å². The summed E-state index contributed by atoms with van der Waals surface area (Å²) < 4.78 is 0. The Morgan fingerprint density at radius 1 is 1.12 bits per heavy atom. The lowest BCUT2D eigenvalue weighted by atomic mass is 10.0. The second kappa shape index (κ2) is 8.44. The molecule has 3 aliphatic rings. The van der Waals surface area contributed by atoms with E-state index >= 15 is 0 Å². The summed E-state index contributed by atoms with van der Waals surface area (Å²) in [4.78, 5) is 45.0. The van der Waals surface area contributed by atoms with Gasteiger partial charge in [-0.2, -0.15) is 0 Å². The van der Waals surface area contributed by atoms with Gasteiger partial charge in [-0.1, -0.05) is 6.07 Å². The molecule has 1 unspecified atom stereocenters. The highest BCUT2D eigenvalue weighted by Crippen LogP contribution is 2.31. The molecule has 8 heteroatoms. The van der Waals surface area contributed by atoms with Gasteiger partial charge in [0.05, 0.1) is 5.69 Å². The molecule has 8 nitrogen and oxygen atoms in total. The van der Waals surface area contributed by atoms with Crippen molar-refractivity contribution in [2.24, 2.45) is 5.92 Å². The highest BCUT2D eigenvalue weighted by Gasteiger charge is 2.39. The van der Waals surface area contributed by atoms with E-state index in [-0.39, 0.29) is 24.8 Å². The Morgan fingerprint density at radius 3 is 2.78 bits per heavy atom. The quantitative estimate of drug-likeness (QED) is 0.689. The molecule has 0 radical (unpaired) electrons. The molecule has 3 amide bonds. The Kier molecular flexibility index (Phi) is 5.48. The number of aromatic nitrogens is 1. The summed E-state index contributed by atoms with van der Waals surface area (Å²) in [6.07, 6.45) is 3.43. The number of imide groups is 1. The zero-order chi connectivity index (χ0) is 22.2. The Hall–Kier alpha value is -3.10. The molecule has 0 spiro atoms. The summed E-state index contributed by atoms with van der Waals surface area (Å²) in [5.41, 5.74) is 4.40. The van der Waals surface area contributed by atoms with Crippen LogP contribution in [0.5, 0.6) is 0 Å². The number of benzene rings is 1. The maximum absolute atomic E-state index is 12.9. The van der Waals surface area contributed by atoms with E-state index in [4.69, 9.17) is 0 Å². The molecule has 2 N–H and O–H groups in total. The van der Waals surface area contributed by atoms with Gasteiger partial charge in [0.2, 0.25) is 11.8 Å². The highest BCUT2D eigenvalue weighted by atomic mass is 16.3. The summed E-state index contributed by atoms with van der Waals surface area (Å²) >= 11 is 0. The van der Waals surface area contributed by atoms with Gasteiger partial charge in [0, 0.05) is 50.0 Å². The highest BCUT2D eigenvalue weighted by molar-refractivity contribution is 6.05. The summed E-state index contributed by atoms with van der Waals surface area (Å²) in [5, 5.41) is 11.7. The SMILES string of the molecule is O=C1CCC(N2Cc3cc(-c4cc(CN5CC[C@H](CO)C5)ccn4)ccc3C2=O)C(=O)N1. The number of aliphatic hydroxyl groups is 1. The van der Waals surface area contributed by atoms with Crippen LogP contribution in [0.3, 0.4) is 0 Å². The minimum Gasteiger partial charge on any atom is -0.396 e. The van der Waals surface area contributed by atoms with Gasteiger partial charge in [-0.05, 0) is 60.7 Å². The first-order chi connectivity index (χ1) is 15.5. The number of fused-ring (bicyclic) bond motifs is 1. The molecule has 3 aliphatic heterocycles. The first-order valence-electron chi connectivity index (χ1n) is 11.1. The monoisotopic (exact) mass is 434 g/mol. The van der Waals surface area contributed by atoms with Crippen LogP contribution < -0.4 is 5.32 Å². The van der Waals surface area contributed by atoms with Gasteiger partial charge in [0.15, 0.2) is 0 Å². The van der Waals surface area contributed by atoms with Gasteiger partial charge in [0.1, 0.15) is 6.04 Å². The molecule has 166 valence electrons. The van der Waals surface area contributed by atoms with E-state index in [0.29, 0.717) is 24.4 Å². The second-order valence-corrected chi connectivity index (χ2v) is 8.89. The summed E-state index contributed by atoms with van der Waals surface area (Å²) in [7, 11) is 0. The van der Waals surface area contributed by atoms with Gasteiger partial charge in [-0.3, -0.25) is 29.6 Å². The average molecular weight is 434 g/mol. The van der Waals surface area contributed by atoms with Crippen LogP contribution in [0, 0.1) is 5.92 Å². The van der Waals surface area contributed by atoms with E-state index in [9.17, 15) is 19.5 Å². The molecule has 4 heterocycles. The van der Waals surface area contributed by atoms with E-state index in [0.717, 1.165) is 48.4 Å². The Bertz CT molecular complexity index is 1090. The van der Waals surface area contributed by atoms with E-state index in [2.05, 4.69) is 21.3 Å². The topological polar surface area (TPSA) is 103 Å². The first-order valence-corrected chi connectivity index (χ1v) is 11.1. The van der Waals surface area contributed by atoms with Crippen molar-refractivity contribution in [1.29, 1.82) is 0 Å². The summed E-state index contributed by atoms with van der Waals surface area (Å²) in [6, 6.07) is 9.15.